The lowest BCUT2D eigenvalue weighted by Gasteiger charge is -2.43. The summed E-state index contributed by atoms with van der Waals surface area (Å²) >= 11 is 0. The van der Waals surface area contributed by atoms with E-state index in [0.29, 0.717) is 12.5 Å². The van der Waals surface area contributed by atoms with E-state index in [-0.39, 0.29) is 24.1 Å². The third-order valence-electron chi connectivity index (χ3n) is 6.99. The first-order chi connectivity index (χ1) is 13.2. The van der Waals surface area contributed by atoms with Crippen LogP contribution >= 0.6 is 0 Å². The van der Waals surface area contributed by atoms with Gasteiger partial charge in [-0.15, -0.1) is 0 Å². The Morgan fingerprint density at radius 2 is 1.78 bits per heavy atom. The lowest BCUT2D eigenvalue weighted by molar-refractivity contribution is -0.135. The average Bonchev–Trinajstić information content (AvgIpc) is 2.72. The molecular formula is C23H34N2O2. The van der Waals surface area contributed by atoms with Gasteiger partial charge >= 0.3 is 0 Å². The van der Waals surface area contributed by atoms with Gasteiger partial charge in [-0.25, -0.2) is 0 Å². The quantitative estimate of drug-likeness (QED) is 0.852. The predicted octanol–water partition coefficient (Wildman–Crippen LogP) is 3.59. The molecule has 2 fully saturated rings. The molecule has 2 saturated carbocycles. The van der Waals surface area contributed by atoms with Gasteiger partial charge in [0.15, 0.2) is 0 Å². The van der Waals surface area contributed by atoms with E-state index in [1.807, 2.05) is 0 Å². The zero-order valence-corrected chi connectivity index (χ0v) is 16.4. The number of rotatable bonds is 4. The van der Waals surface area contributed by atoms with Crippen LogP contribution in [-0.4, -0.2) is 41.1 Å². The molecule has 0 aromatic heterocycles. The van der Waals surface area contributed by atoms with Crippen molar-refractivity contribution in [3.05, 3.63) is 35.4 Å². The van der Waals surface area contributed by atoms with Gasteiger partial charge < -0.3 is 15.3 Å². The monoisotopic (exact) mass is 370 g/mol. The molecule has 1 amide bonds. The average molecular weight is 371 g/mol. The fourth-order valence-corrected chi connectivity index (χ4v) is 5.51. The molecule has 27 heavy (non-hydrogen) atoms. The number of benzene rings is 1. The second-order valence-electron chi connectivity index (χ2n) is 8.72. The Labute approximate surface area is 163 Å². The molecule has 3 atom stereocenters. The molecule has 0 saturated heterocycles. The van der Waals surface area contributed by atoms with Crippen molar-refractivity contribution in [1.82, 2.24) is 10.2 Å². The lowest BCUT2D eigenvalue weighted by atomic mass is 9.77. The Bertz CT molecular complexity index is 641. The van der Waals surface area contributed by atoms with Crippen LogP contribution in [0.5, 0.6) is 0 Å². The number of carbonyl (C=O) groups excluding carboxylic acids is 1. The third kappa shape index (κ3) is 4.22. The predicted molar refractivity (Wildman–Crippen MR) is 107 cm³/mol. The molecule has 4 nitrogen and oxygen atoms in total. The zero-order chi connectivity index (χ0) is 18.6. The Balaban J connectivity index is 1.48. The maximum Gasteiger partial charge on any atom is 0.237 e. The molecular weight excluding hydrogens is 336 g/mol. The number of nitrogens with zero attached hydrogens (tertiary/aromatic N) is 1. The molecule has 0 bridgehead atoms. The molecule has 1 aliphatic heterocycles. The van der Waals surface area contributed by atoms with Gasteiger partial charge in [-0.05, 0) is 49.1 Å². The normalized spacial score (nSPS) is 29.4. The minimum atomic E-state index is -0.303. The van der Waals surface area contributed by atoms with Crippen molar-refractivity contribution in [1.29, 1.82) is 0 Å². The van der Waals surface area contributed by atoms with Crippen molar-refractivity contribution < 1.29 is 9.90 Å². The van der Waals surface area contributed by atoms with Crippen LogP contribution in [0, 0.1) is 5.92 Å². The van der Waals surface area contributed by atoms with Crippen LogP contribution in [-0.2, 0) is 11.2 Å². The summed E-state index contributed by atoms with van der Waals surface area (Å²) in [5.41, 5.74) is 2.80. The van der Waals surface area contributed by atoms with Gasteiger partial charge in [0.2, 0.25) is 5.91 Å². The summed E-state index contributed by atoms with van der Waals surface area (Å²) in [5.74, 6) is 0.794. The highest BCUT2D eigenvalue weighted by Crippen LogP contribution is 2.41. The fourth-order valence-electron chi connectivity index (χ4n) is 5.51. The molecule has 1 aromatic rings. The Morgan fingerprint density at radius 3 is 2.59 bits per heavy atom. The van der Waals surface area contributed by atoms with Gasteiger partial charge in [-0.1, -0.05) is 56.4 Å². The smallest absolute Gasteiger partial charge is 0.237 e. The third-order valence-corrected chi connectivity index (χ3v) is 6.99. The summed E-state index contributed by atoms with van der Waals surface area (Å²) < 4.78 is 0. The van der Waals surface area contributed by atoms with Crippen molar-refractivity contribution >= 4 is 5.91 Å². The lowest BCUT2D eigenvalue weighted by Crippen LogP contribution is -2.50. The van der Waals surface area contributed by atoms with E-state index < -0.39 is 0 Å². The van der Waals surface area contributed by atoms with E-state index in [9.17, 15) is 9.90 Å². The van der Waals surface area contributed by atoms with E-state index in [4.69, 9.17) is 0 Å². The van der Waals surface area contributed by atoms with Gasteiger partial charge in [-0.3, -0.25) is 4.79 Å². The summed E-state index contributed by atoms with van der Waals surface area (Å²) in [6.45, 7) is 1.18. The van der Waals surface area contributed by atoms with Crippen molar-refractivity contribution in [2.75, 3.05) is 13.1 Å². The van der Waals surface area contributed by atoms with E-state index in [1.54, 1.807) is 0 Å². The number of carbonyl (C=O) groups is 1. The number of nitrogens with one attached hydrogen (secondary N) is 1. The van der Waals surface area contributed by atoms with Crippen LogP contribution in [0.3, 0.4) is 0 Å². The summed E-state index contributed by atoms with van der Waals surface area (Å²) in [5, 5.41) is 13.6. The Morgan fingerprint density at radius 1 is 1.04 bits per heavy atom. The van der Waals surface area contributed by atoms with E-state index in [2.05, 4.69) is 34.5 Å². The molecule has 4 heteroatoms. The first kappa shape index (κ1) is 18.9. The topological polar surface area (TPSA) is 52.6 Å². The fraction of sp³-hybridized carbons (Fsp3) is 0.696. The van der Waals surface area contributed by atoms with Crippen molar-refractivity contribution in [2.24, 2.45) is 5.92 Å². The zero-order valence-electron chi connectivity index (χ0n) is 16.4. The molecule has 4 rings (SSSR count). The minimum Gasteiger partial charge on any atom is -0.392 e. The van der Waals surface area contributed by atoms with Crippen molar-refractivity contribution in [3.63, 3.8) is 0 Å². The van der Waals surface area contributed by atoms with Crippen LogP contribution < -0.4 is 5.32 Å². The minimum absolute atomic E-state index is 0.0768. The van der Waals surface area contributed by atoms with Gasteiger partial charge in [0, 0.05) is 12.6 Å². The van der Waals surface area contributed by atoms with Gasteiger partial charge in [0.25, 0.3) is 0 Å². The summed E-state index contributed by atoms with van der Waals surface area (Å²) in [6, 6.07) is 9.05. The first-order valence-electron chi connectivity index (χ1n) is 11.0. The van der Waals surface area contributed by atoms with Gasteiger partial charge in [0.05, 0.1) is 18.7 Å². The first-order valence-corrected chi connectivity index (χ1v) is 11.0. The maximum atomic E-state index is 13.2. The molecule has 1 unspecified atom stereocenters. The highest BCUT2D eigenvalue weighted by atomic mass is 16.3. The number of hydrogen-bond donors (Lipinski definition) is 2. The van der Waals surface area contributed by atoms with Crippen LogP contribution in [0.15, 0.2) is 24.3 Å². The largest absolute Gasteiger partial charge is 0.392 e. The standard InChI is InChI=1S/C23H34N2O2/c26-21-13-7-6-12-20(21)24-16-22(27)25-15-14-17-8-4-5-11-19(17)23(25)18-9-2-1-3-10-18/h4-5,8,11,18,20-21,23-24,26H,1-3,6-7,9-10,12-16H2/t20-,21-,23?/m0/s1. The number of aliphatic hydroxyl groups is 1. The van der Waals surface area contributed by atoms with E-state index in [0.717, 1.165) is 38.6 Å². The highest BCUT2D eigenvalue weighted by Gasteiger charge is 2.36. The SMILES string of the molecule is O=C(CN[C@H]1CCCC[C@@H]1O)N1CCc2ccccc2C1C1CCCCC1. The second-order valence-corrected chi connectivity index (χ2v) is 8.72. The maximum absolute atomic E-state index is 13.2. The number of fused-ring (bicyclic) bond motifs is 1. The summed E-state index contributed by atoms with van der Waals surface area (Å²) in [4.78, 5) is 15.3. The molecule has 1 heterocycles. The second kappa shape index (κ2) is 8.74. The molecule has 2 aliphatic carbocycles. The number of aliphatic hydroxyl groups excluding tert-OH is 1. The Hall–Kier alpha value is -1.39. The van der Waals surface area contributed by atoms with Crippen LogP contribution in [0.1, 0.15) is 75.0 Å². The van der Waals surface area contributed by atoms with Crippen molar-refractivity contribution in [3.8, 4) is 0 Å². The highest BCUT2D eigenvalue weighted by molar-refractivity contribution is 5.79. The summed E-state index contributed by atoms with van der Waals surface area (Å²) in [7, 11) is 0. The van der Waals surface area contributed by atoms with Crippen LogP contribution in [0.25, 0.3) is 0 Å². The molecule has 2 N–H and O–H groups in total. The van der Waals surface area contributed by atoms with E-state index >= 15 is 0 Å². The van der Waals surface area contributed by atoms with Gasteiger partial charge in [-0.2, -0.15) is 0 Å². The number of amides is 1. The molecule has 0 spiro atoms. The van der Waals surface area contributed by atoms with Crippen LogP contribution in [0.4, 0.5) is 0 Å². The molecule has 3 aliphatic rings. The van der Waals surface area contributed by atoms with Gasteiger partial charge in [0.1, 0.15) is 0 Å². The summed E-state index contributed by atoms with van der Waals surface area (Å²) in [6.07, 6.45) is 11.1. The molecule has 0 radical (unpaired) electrons. The molecule has 148 valence electrons. The van der Waals surface area contributed by atoms with E-state index in [1.165, 1.54) is 43.2 Å². The molecule has 1 aromatic carbocycles. The Kier molecular flexibility index (Phi) is 6.14. The van der Waals surface area contributed by atoms with Crippen molar-refractivity contribution in [2.45, 2.75) is 82.4 Å². The number of hydrogen-bond acceptors (Lipinski definition) is 3. The van der Waals surface area contributed by atoms with Crippen LogP contribution in [0.2, 0.25) is 0 Å².